The summed E-state index contributed by atoms with van der Waals surface area (Å²) in [5, 5.41) is 13.7. The van der Waals surface area contributed by atoms with E-state index in [1.807, 2.05) is 24.3 Å². The number of fused-ring (bicyclic) bond motifs is 1. The van der Waals surface area contributed by atoms with E-state index in [9.17, 15) is 9.18 Å². The highest BCUT2D eigenvalue weighted by atomic mass is 35.5. The predicted molar refractivity (Wildman–Crippen MR) is 118 cm³/mol. The minimum absolute atomic E-state index is 0.0529. The fourth-order valence-electron chi connectivity index (χ4n) is 3.05. The van der Waals surface area contributed by atoms with Gasteiger partial charge in [-0.2, -0.15) is 0 Å². The molecule has 30 heavy (non-hydrogen) atoms. The van der Waals surface area contributed by atoms with E-state index in [1.54, 1.807) is 0 Å². The molecule has 4 aromatic rings. The first-order valence-electron chi connectivity index (χ1n) is 9.05. The van der Waals surface area contributed by atoms with Crippen LogP contribution in [0.2, 0.25) is 5.02 Å². The van der Waals surface area contributed by atoms with Crippen molar-refractivity contribution in [1.82, 2.24) is 14.9 Å². The van der Waals surface area contributed by atoms with Crippen molar-refractivity contribution in [2.24, 2.45) is 0 Å². The van der Waals surface area contributed by atoms with Crippen LogP contribution in [0.15, 0.2) is 65.8 Å². The minimum atomic E-state index is -0.470. The van der Waals surface area contributed by atoms with E-state index in [2.05, 4.69) is 33.7 Å². The van der Waals surface area contributed by atoms with Crippen LogP contribution in [0, 0.1) is 5.82 Å². The number of benzene rings is 3. The summed E-state index contributed by atoms with van der Waals surface area (Å²) in [6, 6.07) is 18.0. The molecule has 0 saturated heterocycles. The first kappa shape index (κ1) is 20.2. The van der Waals surface area contributed by atoms with Gasteiger partial charge in [0.2, 0.25) is 11.1 Å². The quantitative estimate of drug-likeness (QED) is 0.345. The molecule has 152 valence electrons. The maximum absolute atomic E-state index is 13.1. The summed E-state index contributed by atoms with van der Waals surface area (Å²) in [5.41, 5.74) is 1.43. The number of hydrogen-bond acceptors (Lipinski definition) is 5. The van der Waals surface area contributed by atoms with Gasteiger partial charge in [-0.3, -0.25) is 4.79 Å². The summed E-state index contributed by atoms with van der Waals surface area (Å²) < 4.78 is 14.5. The summed E-state index contributed by atoms with van der Waals surface area (Å²) in [6.07, 6.45) is 0.517. The van der Waals surface area contributed by atoms with Crippen LogP contribution < -0.4 is 11.2 Å². The number of nitrogens with one attached hydrogen (secondary N) is 1. The lowest BCUT2D eigenvalue weighted by atomic mass is 10.0. The Balaban J connectivity index is 1.42. The predicted octanol–water partition coefficient (Wildman–Crippen LogP) is 4.26. The molecule has 0 saturated carbocycles. The Bertz CT molecular complexity index is 1220. The molecule has 6 nitrogen and oxygen atoms in total. The minimum Gasteiger partial charge on any atom is -0.336 e. The number of aromatic nitrogens is 3. The second-order valence-electron chi connectivity index (χ2n) is 6.54. The summed E-state index contributed by atoms with van der Waals surface area (Å²) in [7, 11) is 0. The summed E-state index contributed by atoms with van der Waals surface area (Å²) >= 11 is 7.08. The number of amides is 1. The highest BCUT2D eigenvalue weighted by molar-refractivity contribution is 7.99. The summed E-state index contributed by atoms with van der Waals surface area (Å²) in [4.78, 5) is 12.2. The monoisotopic (exact) mass is 441 g/mol. The molecule has 0 aliphatic carbocycles. The zero-order valence-corrected chi connectivity index (χ0v) is 17.3. The molecule has 1 heterocycles. The third-order valence-electron chi connectivity index (χ3n) is 4.50. The van der Waals surface area contributed by atoms with E-state index in [0.29, 0.717) is 23.1 Å². The van der Waals surface area contributed by atoms with E-state index in [4.69, 9.17) is 17.4 Å². The Kier molecular flexibility index (Phi) is 5.87. The van der Waals surface area contributed by atoms with E-state index in [-0.39, 0.29) is 16.7 Å². The van der Waals surface area contributed by atoms with Crippen LogP contribution >= 0.6 is 23.4 Å². The fraction of sp³-hybridized carbons (Fsp3) is 0.0952. The molecule has 0 fully saturated rings. The van der Waals surface area contributed by atoms with Crippen LogP contribution in [0.4, 0.5) is 10.1 Å². The first-order valence-corrected chi connectivity index (χ1v) is 10.4. The van der Waals surface area contributed by atoms with Gasteiger partial charge in [0.15, 0.2) is 5.82 Å². The summed E-state index contributed by atoms with van der Waals surface area (Å²) in [6.45, 7) is 0. The Morgan fingerprint density at radius 2 is 1.93 bits per heavy atom. The fourth-order valence-corrected chi connectivity index (χ4v) is 3.94. The Morgan fingerprint density at radius 3 is 2.77 bits per heavy atom. The van der Waals surface area contributed by atoms with Crippen molar-refractivity contribution in [3.63, 3.8) is 0 Å². The smallest absolute Gasteiger partial charge is 0.234 e. The molecule has 0 radical (unpaired) electrons. The number of nitrogens with zero attached hydrogens (tertiary/aromatic N) is 3. The van der Waals surface area contributed by atoms with Crippen molar-refractivity contribution in [3.05, 3.63) is 82.9 Å². The average molecular weight is 442 g/mol. The molecule has 0 atom stereocenters. The molecule has 3 aromatic carbocycles. The van der Waals surface area contributed by atoms with E-state index in [0.717, 1.165) is 34.2 Å². The highest BCUT2D eigenvalue weighted by Crippen LogP contribution is 2.24. The molecule has 0 aliphatic rings. The maximum atomic E-state index is 13.1. The number of carbonyl (C=O) groups excluding carboxylic acids is 1. The van der Waals surface area contributed by atoms with Gasteiger partial charge in [-0.15, -0.1) is 10.2 Å². The lowest BCUT2D eigenvalue weighted by Gasteiger charge is -2.08. The van der Waals surface area contributed by atoms with Gasteiger partial charge >= 0.3 is 0 Å². The van der Waals surface area contributed by atoms with Crippen LogP contribution in [-0.2, 0) is 11.2 Å². The van der Waals surface area contributed by atoms with Crippen molar-refractivity contribution in [2.75, 3.05) is 16.9 Å². The van der Waals surface area contributed by atoms with Crippen molar-refractivity contribution in [2.45, 2.75) is 11.6 Å². The molecule has 9 heteroatoms. The molecule has 0 unspecified atom stereocenters. The van der Waals surface area contributed by atoms with Crippen molar-refractivity contribution in [1.29, 1.82) is 0 Å². The number of nitrogens with two attached hydrogens (primary N) is 1. The standard InChI is InChI=1S/C21H17ClFN5OS/c22-17-11-15(23)8-9-18(17)25-20(29)12-30-21-27-26-19(28(21)24)10-14-6-3-5-13-4-1-2-7-16(13)14/h1-9,11H,10,12,24H2,(H,25,29). The number of anilines is 1. The molecule has 0 spiro atoms. The Morgan fingerprint density at radius 1 is 1.13 bits per heavy atom. The molecule has 0 aliphatic heterocycles. The second kappa shape index (κ2) is 8.73. The van der Waals surface area contributed by atoms with Crippen molar-refractivity contribution < 1.29 is 9.18 Å². The number of nitrogen functional groups attached to an aromatic ring is 1. The SMILES string of the molecule is Nn1c(Cc2cccc3ccccc23)nnc1SCC(=O)Nc1ccc(F)cc1Cl. The zero-order chi connectivity index (χ0) is 21.1. The van der Waals surface area contributed by atoms with Gasteiger partial charge in [-0.25, -0.2) is 9.07 Å². The number of carbonyl (C=O) groups is 1. The Hall–Kier alpha value is -3.10. The van der Waals surface area contributed by atoms with Gasteiger partial charge in [0.05, 0.1) is 16.5 Å². The van der Waals surface area contributed by atoms with Gasteiger partial charge in [0.25, 0.3) is 0 Å². The Labute approximate surface area is 181 Å². The van der Waals surface area contributed by atoms with Crippen molar-refractivity contribution >= 4 is 45.7 Å². The molecule has 3 N–H and O–H groups in total. The van der Waals surface area contributed by atoms with Crippen LogP contribution in [0.5, 0.6) is 0 Å². The number of thioether (sulfide) groups is 1. The normalized spacial score (nSPS) is 11.0. The number of hydrogen-bond donors (Lipinski definition) is 2. The van der Waals surface area contributed by atoms with Crippen LogP contribution in [0.25, 0.3) is 10.8 Å². The molecule has 1 amide bonds. The summed E-state index contributed by atoms with van der Waals surface area (Å²) in [5.74, 6) is 6.01. The maximum Gasteiger partial charge on any atom is 0.234 e. The molecule has 4 rings (SSSR count). The van der Waals surface area contributed by atoms with Gasteiger partial charge in [0, 0.05) is 6.42 Å². The zero-order valence-electron chi connectivity index (χ0n) is 15.7. The first-order chi connectivity index (χ1) is 14.5. The second-order valence-corrected chi connectivity index (χ2v) is 7.89. The largest absolute Gasteiger partial charge is 0.336 e. The highest BCUT2D eigenvalue weighted by Gasteiger charge is 2.14. The molecular weight excluding hydrogens is 425 g/mol. The van der Waals surface area contributed by atoms with Crippen LogP contribution in [-0.4, -0.2) is 26.5 Å². The van der Waals surface area contributed by atoms with E-state index >= 15 is 0 Å². The average Bonchev–Trinajstić information content (AvgIpc) is 3.08. The lowest BCUT2D eigenvalue weighted by Crippen LogP contribution is -2.17. The van der Waals surface area contributed by atoms with Crippen molar-refractivity contribution in [3.8, 4) is 0 Å². The third kappa shape index (κ3) is 4.39. The van der Waals surface area contributed by atoms with Gasteiger partial charge < -0.3 is 11.2 Å². The van der Waals surface area contributed by atoms with E-state index < -0.39 is 5.82 Å². The topological polar surface area (TPSA) is 85.8 Å². The number of rotatable bonds is 6. The molecular formula is C21H17ClFN5OS. The van der Waals surface area contributed by atoms with Gasteiger partial charge in [0.1, 0.15) is 5.82 Å². The molecule has 0 bridgehead atoms. The third-order valence-corrected chi connectivity index (χ3v) is 5.76. The van der Waals surface area contributed by atoms with E-state index in [1.165, 1.54) is 16.8 Å². The molecule has 1 aromatic heterocycles. The van der Waals surface area contributed by atoms with Gasteiger partial charge in [-0.1, -0.05) is 65.8 Å². The van der Waals surface area contributed by atoms with Crippen LogP contribution in [0.3, 0.4) is 0 Å². The van der Waals surface area contributed by atoms with Gasteiger partial charge in [-0.05, 0) is 34.5 Å². The number of halogens is 2. The van der Waals surface area contributed by atoms with Crippen LogP contribution in [0.1, 0.15) is 11.4 Å². The lowest BCUT2D eigenvalue weighted by molar-refractivity contribution is -0.113.